The fourth-order valence-corrected chi connectivity index (χ4v) is 2.82. The maximum absolute atomic E-state index is 3.67. The zero-order valence-electron chi connectivity index (χ0n) is 11.6. The summed E-state index contributed by atoms with van der Waals surface area (Å²) in [6, 6.07) is 1.49. The van der Waals surface area contributed by atoms with Gasteiger partial charge in [-0.1, -0.05) is 26.7 Å². The minimum atomic E-state index is 0.726. The quantitative estimate of drug-likeness (QED) is 0.749. The Balaban J connectivity index is 2.42. The Bertz CT molecular complexity index is 180. The summed E-state index contributed by atoms with van der Waals surface area (Å²) in [5, 5.41) is 3.67. The number of hydrogen-bond acceptors (Lipinski definition) is 2. The van der Waals surface area contributed by atoms with Crippen LogP contribution in [0.2, 0.25) is 0 Å². The van der Waals surface area contributed by atoms with Gasteiger partial charge in [0, 0.05) is 18.6 Å². The fourth-order valence-electron chi connectivity index (χ4n) is 2.82. The van der Waals surface area contributed by atoms with Crippen LogP contribution in [0.25, 0.3) is 0 Å². The second kappa shape index (κ2) is 7.29. The molecule has 0 aromatic rings. The molecule has 0 saturated heterocycles. The fraction of sp³-hybridized carbons (Fsp3) is 1.00. The first-order valence-electron chi connectivity index (χ1n) is 7.12. The molecule has 1 rings (SSSR count). The third-order valence-corrected chi connectivity index (χ3v) is 4.24. The molecule has 0 radical (unpaired) electrons. The average molecular weight is 226 g/mol. The lowest BCUT2D eigenvalue weighted by Gasteiger charge is -2.36. The van der Waals surface area contributed by atoms with Crippen LogP contribution in [0.4, 0.5) is 0 Å². The highest BCUT2D eigenvalue weighted by Gasteiger charge is 2.25. The molecule has 0 aromatic carbocycles. The lowest BCUT2D eigenvalue weighted by molar-refractivity contribution is 0.159. The number of hydrogen-bond donors (Lipinski definition) is 1. The molecule has 0 amide bonds. The van der Waals surface area contributed by atoms with Crippen molar-refractivity contribution >= 4 is 0 Å². The van der Waals surface area contributed by atoms with E-state index in [4.69, 9.17) is 0 Å². The molecule has 3 atom stereocenters. The molecule has 16 heavy (non-hydrogen) atoms. The molecule has 0 bridgehead atoms. The SMILES string of the molecule is CCNC1CCCCC1CN(C)C(C)CC. The highest BCUT2D eigenvalue weighted by atomic mass is 15.1. The molecule has 1 fully saturated rings. The summed E-state index contributed by atoms with van der Waals surface area (Å²) in [4.78, 5) is 2.54. The molecular weight excluding hydrogens is 196 g/mol. The van der Waals surface area contributed by atoms with Gasteiger partial charge < -0.3 is 10.2 Å². The Kier molecular flexibility index (Phi) is 6.37. The van der Waals surface area contributed by atoms with Gasteiger partial charge in [-0.05, 0) is 45.7 Å². The predicted molar refractivity (Wildman–Crippen MR) is 71.8 cm³/mol. The molecule has 1 N–H and O–H groups in total. The highest BCUT2D eigenvalue weighted by Crippen LogP contribution is 2.25. The van der Waals surface area contributed by atoms with Crippen LogP contribution in [0.1, 0.15) is 52.9 Å². The molecule has 96 valence electrons. The second-order valence-electron chi connectivity index (χ2n) is 5.41. The van der Waals surface area contributed by atoms with Gasteiger partial charge in [0.25, 0.3) is 0 Å². The van der Waals surface area contributed by atoms with Crippen LogP contribution >= 0.6 is 0 Å². The minimum absolute atomic E-state index is 0.726. The second-order valence-corrected chi connectivity index (χ2v) is 5.41. The summed E-state index contributed by atoms with van der Waals surface area (Å²) in [7, 11) is 2.28. The Morgan fingerprint density at radius 1 is 1.25 bits per heavy atom. The van der Waals surface area contributed by atoms with E-state index in [2.05, 4.69) is 38.0 Å². The van der Waals surface area contributed by atoms with Crippen molar-refractivity contribution in [3.05, 3.63) is 0 Å². The van der Waals surface area contributed by atoms with Gasteiger partial charge in [-0.2, -0.15) is 0 Å². The standard InChI is InChI=1S/C14H30N2/c1-5-12(3)16(4)11-13-9-7-8-10-14(13)15-6-2/h12-15H,5-11H2,1-4H3. The maximum Gasteiger partial charge on any atom is 0.0107 e. The van der Waals surface area contributed by atoms with E-state index in [0.29, 0.717) is 0 Å². The third kappa shape index (κ3) is 4.06. The van der Waals surface area contributed by atoms with Crippen LogP contribution in [0.15, 0.2) is 0 Å². The van der Waals surface area contributed by atoms with E-state index in [1.165, 1.54) is 38.6 Å². The molecule has 0 heterocycles. The van der Waals surface area contributed by atoms with E-state index >= 15 is 0 Å². The lowest BCUT2D eigenvalue weighted by atomic mass is 9.84. The largest absolute Gasteiger partial charge is 0.314 e. The van der Waals surface area contributed by atoms with Crippen LogP contribution in [0.5, 0.6) is 0 Å². The van der Waals surface area contributed by atoms with E-state index in [0.717, 1.165) is 24.5 Å². The number of rotatable bonds is 6. The zero-order chi connectivity index (χ0) is 12.0. The summed E-state index contributed by atoms with van der Waals surface area (Å²) in [5.74, 6) is 0.868. The lowest BCUT2D eigenvalue weighted by Crippen LogP contribution is -2.45. The summed E-state index contributed by atoms with van der Waals surface area (Å²) < 4.78 is 0. The van der Waals surface area contributed by atoms with E-state index in [-0.39, 0.29) is 0 Å². The van der Waals surface area contributed by atoms with E-state index < -0.39 is 0 Å². The molecule has 0 spiro atoms. The van der Waals surface area contributed by atoms with Crippen molar-refractivity contribution in [2.45, 2.75) is 65.0 Å². The smallest absolute Gasteiger partial charge is 0.0107 e. The van der Waals surface area contributed by atoms with Gasteiger partial charge in [0.2, 0.25) is 0 Å². The molecule has 2 nitrogen and oxygen atoms in total. The van der Waals surface area contributed by atoms with Gasteiger partial charge >= 0.3 is 0 Å². The number of nitrogens with zero attached hydrogens (tertiary/aromatic N) is 1. The summed E-state index contributed by atoms with van der Waals surface area (Å²) in [6.45, 7) is 9.24. The van der Waals surface area contributed by atoms with E-state index in [9.17, 15) is 0 Å². The Labute approximate surface area is 102 Å². The zero-order valence-corrected chi connectivity index (χ0v) is 11.6. The van der Waals surface area contributed by atoms with Gasteiger partial charge in [0.15, 0.2) is 0 Å². The molecule has 0 aromatic heterocycles. The summed E-state index contributed by atoms with van der Waals surface area (Å²) in [5.41, 5.74) is 0. The van der Waals surface area contributed by atoms with Crippen molar-refractivity contribution in [2.24, 2.45) is 5.92 Å². The topological polar surface area (TPSA) is 15.3 Å². The van der Waals surface area contributed by atoms with Gasteiger partial charge in [-0.3, -0.25) is 0 Å². The molecule has 3 unspecified atom stereocenters. The van der Waals surface area contributed by atoms with Gasteiger partial charge in [-0.15, -0.1) is 0 Å². The average Bonchev–Trinajstić information content (AvgIpc) is 2.31. The monoisotopic (exact) mass is 226 g/mol. The summed E-state index contributed by atoms with van der Waals surface area (Å²) >= 11 is 0. The van der Waals surface area contributed by atoms with Crippen LogP contribution < -0.4 is 5.32 Å². The Morgan fingerprint density at radius 3 is 2.56 bits per heavy atom. The van der Waals surface area contributed by atoms with Gasteiger partial charge in [-0.25, -0.2) is 0 Å². The maximum atomic E-state index is 3.67. The normalized spacial score (nSPS) is 28.3. The molecule has 1 saturated carbocycles. The van der Waals surface area contributed by atoms with Crippen molar-refractivity contribution in [1.29, 1.82) is 0 Å². The molecular formula is C14H30N2. The molecule has 1 aliphatic rings. The Morgan fingerprint density at radius 2 is 1.94 bits per heavy atom. The van der Waals surface area contributed by atoms with Crippen molar-refractivity contribution < 1.29 is 0 Å². The third-order valence-electron chi connectivity index (χ3n) is 4.24. The Hall–Kier alpha value is -0.0800. The van der Waals surface area contributed by atoms with Gasteiger partial charge in [0.1, 0.15) is 0 Å². The van der Waals surface area contributed by atoms with Crippen LogP contribution in [0, 0.1) is 5.92 Å². The van der Waals surface area contributed by atoms with Crippen LogP contribution in [-0.2, 0) is 0 Å². The van der Waals surface area contributed by atoms with Crippen molar-refractivity contribution in [3.8, 4) is 0 Å². The van der Waals surface area contributed by atoms with E-state index in [1.54, 1.807) is 0 Å². The highest BCUT2D eigenvalue weighted by molar-refractivity contribution is 4.83. The molecule has 1 aliphatic carbocycles. The van der Waals surface area contributed by atoms with Gasteiger partial charge in [0.05, 0.1) is 0 Å². The van der Waals surface area contributed by atoms with Crippen LogP contribution in [0.3, 0.4) is 0 Å². The van der Waals surface area contributed by atoms with Crippen molar-refractivity contribution in [2.75, 3.05) is 20.1 Å². The van der Waals surface area contributed by atoms with E-state index in [1.807, 2.05) is 0 Å². The van der Waals surface area contributed by atoms with Crippen molar-refractivity contribution in [1.82, 2.24) is 10.2 Å². The van der Waals surface area contributed by atoms with Crippen LogP contribution in [-0.4, -0.2) is 37.1 Å². The first-order valence-corrected chi connectivity index (χ1v) is 7.12. The first kappa shape index (κ1) is 14.0. The summed E-state index contributed by atoms with van der Waals surface area (Å²) in [6.07, 6.45) is 6.91. The first-order chi connectivity index (χ1) is 7.69. The predicted octanol–water partition coefficient (Wildman–Crippen LogP) is 2.89. The molecule has 2 heteroatoms. The van der Waals surface area contributed by atoms with Crippen molar-refractivity contribution in [3.63, 3.8) is 0 Å². The molecule has 0 aliphatic heterocycles. The minimum Gasteiger partial charge on any atom is -0.314 e. The number of nitrogens with one attached hydrogen (secondary N) is 1.